The van der Waals surface area contributed by atoms with Crippen LogP contribution in [0.1, 0.15) is 110 Å². The number of nitrogens with one attached hydrogen (secondary N) is 4. The summed E-state index contributed by atoms with van der Waals surface area (Å²) in [5.74, 6) is -5.51. The van der Waals surface area contributed by atoms with E-state index in [1.165, 1.54) is 56.4 Å². The summed E-state index contributed by atoms with van der Waals surface area (Å²) in [5.41, 5.74) is -4.98. The van der Waals surface area contributed by atoms with Crippen molar-refractivity contribution in [1.82, 2.24) is 16.0 Å². The summed E-state index contributed by atoms with van der Waals surface area (Å²) < 4.78 is 46.9. The van der Waals surface area contributed by atoms with E-state index >= 15 is 8.78 Å². The number of carboxylic acids is 1. The Kier molecular flexibility index (Phi) is 17.7. The van der Waals surface area contributed by atoms with Gasteiger partial charge in [0.05, 0.1) is 23.9 Å². The number of thioether (sulfide) groups is 2. The van der Waals surface area contributed by atoms with Crippen LogP contribution in [0.5, 0.6) is 0 Å². The number of halogens is 2. The van der Waals surface area contributed by atoms with Gasteiger partial charge in [0.2, 0.25) is 23.6 Å². The second-order valence-electron chi connectivity index (χ2n) is 20.8. The van der Waals surface area contributed by atoms with Crippen LogP contribution in [0.2, 0.25) is 0 Å². The first-order chi connectivity index (χ1) is 35.0. The smallest absolute Gasteiger partial charge is 0.305 e. The van der Waals surface area contributed by atoms with Crippen molar-refractivity contribution in [2.75, 3.05) is 18.5 Å². The molecule has 0 spiro atoms. The second kappa shape index (κ2) is 23.1. The molecule has 7 rings (SSSR count). The number of carboxylic acid groups (broad SMARTS) is 1. The van der Waals surface area contributed by atoms with Crippen molar-refractivity contribution in [3.63, 3.8) is 0 Å². The molecule has 0 bridgehead atoms. The minimum absolute atomic E-state index is 0.00153. The highest BCUT2D eigenvalue weighted by atomic mass is 32.2. The fourth-order valence-electron chi connectivity index (χ4n) is 12.0. The molecular weight excluding hydrogens is 999 g/mol. The first-order valence-electron chi connectivity index (χ1n) is 25.3. The molecule has 16 nitrogen and oxygen atoms in total. The lowest BCUT2D eigenvalue weighted by Gasteiger charge is -2.63. The molecule has 14 atom stereocenters. The van der Waals surface area contributed by atoms with Gasteiger partial charge in [0.15, 0.2) is 29.1 Å². The number of benzene rings is 2. The minimum atomic E-state index is -2.36. The van der Waals surface area contributed by atoms with Gasteiger partial charge >= 0.3 is 5.97 Å². The van der Waals surface area contributed by atoms with Crippen molar-refractivity contribution in [3.8, 4) is 0 Å². The SMILES string of the molecule is CCCCC(C)SC(CC(=O)O)C(=O)NCCC(=O)N[C@@H](C)C(=O)N[C@@H](C)C(=O)Nc1cccc(SCc2ccc([C@@H]3O[C@@H]4CC5[C@@H]6C[C@H](F)C7=CC(=O)C=C[C@]7(C)[C@@]6(F)[C@@H](O)C[C@]5(C)[C@]4(C(=O)CO)O3)cc2)c1. The van der Waals surface area contributed by atoms with Gasteiger partial charge in [-0.2, -0.15) is 0 Å². The Balaban J connectivity index is 0.890. The van der Waals surface area contributed by atoms with E-state index in [0.29, 0.717) is 17.0 Å². The van der Waals surface area contributed by atoms with E-state index < -0.39 is 124 Å². The fourth-order valence-corrected chi connectivity index (χ4v) is 14.2. The second-order valence-corrected chi connectivity index (χ2v) is 23.5. The zero-order valence-electron chi connectivity index (χ0n) is 42.5. The maximum atomic E-state index is 17.8. The van der Waals surface area contributed by atoms with Gasteiger partial charge in [0.1, 0.15) is 24.9 Å². The first-order valence-corrected chi connectivity index (χ1v) is 27.2. The summed E-state index contributed by atoms with van der Waals surface area (Å²) in [4.78, 5) is 89.9. The lowest BCUT2D eigenvalue weighted by atomic mass is 9.44. The normalized spacial score (nSPS) is 31.3. The van der Waals surface area contributed by atoms with Crippen molar-refractivity contribution >= 4 is 70.4 Å². The van der Waals surface area contributed by atoms with Crippen molar-refractivity contribution in [1.29, 1.82) is 0 Å². The van der Waals surface area contributed by atoms with Gasteiger partial charge < -0.3 is 46.1 Å². The molecule has 2 aromatic carbocycles. The summed E-state index contributed by atoms with van der Waals surface area (Å²) in [5, 5.41) is 41.3. The number of carbonyl (C=O) groups is 7. The fraction of sp³-hybridized carbons (Fsp3) is 0.574. The number of ether oxygens (including phenoxy) is 2. The number of fused-ring (bicyclic) bond motifs is 7. The van der Waals surface area contributed by atoms with Gasteiger partial charge in [-0.1, -0.05) is 70.0 Å². The number of ketones is 2. The third-order valence-corrected chi connectivity index (χ3v) is 18.3. The molecular formula is C54H68F2N4O12S2. The van der Waals surface area contributed by atoms with Gasteiger partial charge in [-0.3, -0.25) is 33.6 Å². The topological polar surface area (TPSA) is 247 Å². The standard InChI is InChI=1S/C54H68F2N4O12S2/c1-7-8-10-29(2)74-41(25-46(66)67)49(70)57-20-18-45(65)58-30(3)47(68)59-31(4)48(69)60-34-11-9-12-36(21-34)73-28-32-13-15-33(16-14-32)50-71-44-24-37-38-23-40(55)39-22-35(62)17-19-51(39,5)53(38,56)42(63)26-52(37,6)54(44,72-50)43(64)27-61/h9,11-17,19,21-22,29-31,37-38,40-42,44,50,61,63H,7-8,10,18,20,23-28H2,1-6H3,(H,57,70)(H,58,65)(H,59,68)(H,60,69)(H,66,67)/t29?,30-,31-,37?,38-,40-,41?,42-,44+,50+,51-,52-,53-,54+/m0/s1. The van der Waals surface area contributed by atoms with Crippen LogP contribution in [0.4, 0.5) is 14.5 Å². The molecule has 5 aliphatic rings. The Morgan fingerprint density at radius 1 is 0.946 bits per heavy atom. The highest BCUT2D eigenvalue weighted by molar-refractivity contribution is 8.01. The first kappa shape index (κ1) is 56.7. The third-order valence-electron chi connectivity index (χ3n) is 15.9. The molecule has 2 aromatic rings. The predicted molar refractivity (Wildman–Crippen MR) is 274 cm³/mol. The zero-order valence-corrected chi connectivity index (χ0v) is 44.1. The van der Waals surface area contributed by atoms with Crippen molar-refractivity contribution < 1.29 is 67.1 Å². The van der Waals surface area contributed by atoms with Crippen LogP contribution in [-0.2, 0) is 48.8 Å². The largest absolute Gasteiger partial charge is 0.481 e. The zero-order chi connectivity index (χ0) is 53.9. The Labute approximate surface area is 438 Å². The number of alkyl halides is 2. The number of aliphatic carboxylic acids is 1. The molecule has 1 heterocycles. The van der Waals surface area contributed by atoms with Crippen LogP contribution in [-0.4, -0.2) is 122 Å². The lowest BCUT2D eigenvalue weighted by Crippen LogP contribution is -2.70. The Bertz CT molecular complexity index is 2550. The number of hydrogen-bond acceptors (Lipinski definition) is 13. The van der Waals surface area contributed by atoms with Crippen LogP contribution < -0.4 is 21.3 Å². The number of amides is 4. The van der Waals surface area contributed by atoms with E-state index in [9.17, 15) is 48.9 Å². The number of Topliss-reactive ketones (excluding diaryl/α,β-unsaturated/α-hetero) is 1. The van der Waals surface area contributed by atoms with Crippen LogP contribution in [0.25, 0.3) is 0 Å². The van der Waals surface area contributed by atoms with E-state index in [2.05, 4.69) is 28.2 Å². The number of hydrogen-bond donors (Lipinski definition) is 7. The van der Waals surface area contributed by atoms with E-state index in [0.717, 1.165) is 35.8 Å². The Morgan fingerprint density at radius 3 is 2.35 bits per heavy atom. The molecule has 0 radical (unpaired) electrons. The number of rotatable bonds is 22. The summed E-state index contributed by atoms with van der Waals surface area (Å²) in [6.07, 6.45) is 0.304. The van der Waals surface area contributed by atoms with Crippen LogP contribution in [0.15, 0.2) is 77.2 Å². The maximum absolute atomic E-state index is 17.8. The Morgan fingerprint density at radius 2 is 1.66 bits per heavy atom. The molecule has 1 saturated heterocycles. The summed E-state index contributed by atoms with van der Waals surface area (Å²) in [6.45, 7) is 9.27. The number of aliphatic hydroxyl groups is 2. The average Bonchev–Trinajstić information content (AvgIpc) is 3.86. The predicted octanol–water partition coefficient (Wildman–Crippen LogP) is 6.23. The molecule has 4 fully saturated rings. The van der Waals surface area contributed by atoms with Crippen molar-refractivity contribution in [3.05, 3.63) is 83.5 Å². The van der Waals surface area contributed by atoms with Crippen LogP contribution >= 0.6 is 23.5 Å². The summed E-state index contributed by atoms with van der Waals surface area (Å²) in [6, 6.07) is 12.5. The summed E-state index contributed by atoms with van der Waals surface area (Å²) in [7, 11) is 0. The van der Waals surface area contributed by atoms with Crippen LogP contribution in [0.3, 0.4) is 0 Å². The minimum Gasteiger partial charge on any atom is -0.481 e. The van der Waals surface area contributed by atoms with Gasteiger partial charge in [-0.15, -0.1) is 23.5 Å². The molecule has 1 aliphatic heterocycles. The average molecular weight is 1070 g/mol. The van der Waals surface area contributed by atoms with E-state index in [4.69, 9.17) is 9.47 Å². The summed E-state index contributed by atoms with van der Waals surface area (Å²) >= 11 is 2.79. The van der Waals surface area contributed by atoms with Gasteiger partial charge in [0.25, 0.3) is 0 Å². The highest BCUT2D eigenvalue weighted by Crippen LogP contribution is 2.72. The van der Waals surface area contributed by atoms with Crippen molar-refractivity contribution in [2.45, 2.75) is 162 Å². The number of carbonyl (C=O) groups excluding carboxylic acids is 6. The van der Waals surface area contributed by atoms with Gasteiger partial charge in [-0.25, -0.2) is 8.78 Å². The molecule has 4 amide bonds. The number of aliphatic hydroxyl groups excluding tert-OH is 2. The monoisotopic (exact) mass is 1070 g/mol. The van der Waals surface area contributed by atoms with E-state index in [1.807, 2.05) is 25.1 Å². The van der Waals surface area contributed by atoms with Crippen molar-refractivity contribution in [2.24, 2.45) is 22.7 Å². The molecule has 3 unspecified atom stereocenters. The molecule has 3 saturated carbocycles. The van der Waals surface area contributed by atoms with Gasteiger partial charge in [0, 0.05) is 56.9 Å². The maximum Gasteiger partial charge on any atom is 0.305 e. The molecule has 74 heavy (non-hydrogen) atoms. The molecule has 0 aromatic heterocycles. The lowest BCUT2D eigenvalue weighted by molar-refractivity contribution is -0.235. The quantitative estimate of drug-likeness (QED) is 0.0647. The van der Waals surface area contributed by atoms with Crippen LogP contribution in [0, 0.1) is 22.7 Å². The third kappa shape index (κ3) is 11.1. The number of unbranched alkanes of at least 4 members (excludes halogenated alkanes) is 1. The highest BCUT2D eigenvalue weighted by Gasteiger charge is 2.80. The van der Waals surface area contributed by atoms with Gasteiger partial charge in [-0.05, 0) is 93.9 Å². The Hall–Kier alpha value is -4.99. The molecule has 402 valence electrons. The number of anilines is 1. The van der Waals surface area contributed by atoms with E-state index in [-0.39, 0.29) is 49.5 Å². The molecule has 20 heteroatoms. The molecule has 7 N–H and O–H groups in total. The van der Waals surface area contributed by atoms with E-state index in [1.54, 1.807) is 37.3 Å². The molecule has 4 aliphatic carbocycles. The number of allylic oxidation sites excluding steroid dienone is 4.